The highest BCUT2D eigenvalue weighted by molar-refractivity contribution is 6.00. The van der Waals surface area contributed by atoms with E-state index in [-0.39, 0.29) is 17.4 Å². The SMILES string of the molecule is O=C(NC1(CCn2cnc3cnc4[nH]ccc4c32)CCC1)C1CC1. The summed E-state index contributed by atoms with van der Waals surface area (Å²) in [6, 6.07) is 2.05. The summed E-state index contributed by atoms with van der Waals surface area (Å²) in [4.78, 5) is 24.2. The van der Waals surface area contributed by atoms with E-state index in [1.807, 2.05) is 18.7 Å². The van der Waals surface area contributed by atoms with Gasteiger partial charge in [0, 0.05) is 29.6 Å². The molecule has 0 aromatic carbocycles. The van der Waals surface area contributed by atoms with Crippen LogP contribution in [0.3, 0.4) is 0 Å². The van der Waals surface area contributed by atoms with Crippen LogP contribution in [0.2, 0.25) is 0 Å². The Labute approximate surface area is 139 Å². The molecule has 2 N–H and O–H groups in total. The molecule has 2 aliphatic rings. The Morgan fingerprint density at radius 3 is 3.00 bits per heavy atom. The molecule has 0 bridgehead atoms. The molecular formula is C18H21N5O. The first-order valence-corrected chi connectivity index (χ1v) is 8.83. The average Bonchev–Trinajstić information content (AvgIpc) is 3.15. The predicted molar refractivity (Wildman–Crippen MR) is 91.5 cm³/mol. The minimum Gasteiger partial charge on any atom is -0.350 e. The third kappa shape index (κ3) is 2.20. The summed E-state index contributed by atoms with van der Waals surface area (Å²) in [5.41, 5.74) is 2.95. The van der Waals surface area contributed by atoms with Crippen molar-refractivity contribution in [1.82, 2.24) is 24.8 Å². The first kappa shape index (κ1) is 14.0. The van der Waals surface area contributed by atoms with E-state index in [1.54, 1.807) is 0 Å². The van der Waals surface area contributed by atoms with Gasteiger partial charge in [-0.25, -0.2) is 9.97 Å². The number of carbonyl (C=O) groups excluding carboxylic acids is 1. The summed E-state index contributed by atoms with van der Waals surface area (Å²) in [7, 11) is 0. The van der Waals surface area contributed by atoms with E-state index in [4.69, 9.17) is 0 Å². The van der Waals surface area contributed by atoms with E-state index in [0.717, 1.165) is 60.7 Å². The Morgan fingerprint density at radius 1 is 1.38 bits per heavy atom. The summed E-state index contributed by atoms with van der Waals surface area (Å²) in [6.07, 6.45) is 12.1. The molecule has 24 heavy (non-hydrogen) atoms. The van der Waals surface area contributed by atoms with Crippen molar-refractivity contribution in [3.63, 3.8) is 0 Å². The number of hydrogen-bond acceptors (Lipinski definition) is 3. The Balaban J connectivity index is 1.40. The number of aryl methyl sites for hydroxylation is 1. The number of imidazole rings is 1. The molecule has 0 radical (unpaired) electrons. The van der Waals surface area contributed by atoms with Gasteiger partial charge < -0.3 is 14.9 Å². The van der Waals surface area contributed by atoms with E-state index >= 15 is 0 Å². The van der Waals surface area contributed by atoms with Crippen molar-refractivity contribution in [2.75, 3.05) is 0 Å². The quantitative estimate of drug-likeness (QED) is 0.758. The zero-order valence-electron chi connectivity index (χ0n) is 13.6. The molecule has 3 aromatic heterocycles. The van der Waals surface area contributed by atoms with Gasteiger partial charge in [-0.05, 0) is 44.6 Å². The maximum Gasteiger partial charge on any atom is 0.223 e. The molecule has 0 unspecified atom stereocenters. The number of rotatable bonds is 5. The highest BCUT2D eigenvalue weighted by Gasteiger charge is 2.41. The molecule has 2 aliphatic carbocycles. The Morgan fingerprint density at radius 2 is 2.25 bits per heavy atom. The summed E-state index contributed by atoms with van der Waals surface area (Å²) in [5.74, 6) is 0.546. The van der Waals surface area contributed by atoms with Gasteiger partial charge in [-0.2, -0.15) is 0 Å². The van der Waals surface area contributed by atoms with E-state index in [1.165, 1.54) is 6.42 Å². The lowest BCUT2D eigenvalue weighted by Gasteiger charge is -2.43. The third-order valence-corrected chi connectivity index (χ3v) is 5.64. The second-order valence-electron chi connectivity index (χ2n) is 7.32. The number of hydrogen-bond donors (Lipinski definition) is 2. The molecule has 3 heterocycles. The van der Waals surface area contributed by atoms with Gasteiger partial charge in [0.15, 0.2) is 0 Å². The van der Waals surface area contributed by atoms with Crippen LogP contribution in [0.15, 0.2) is 24.8 Å². The molecule has 0 aliphatic heterocycles. The number of aromatic amines is 1. The monoisotopic (exact) mass is 323 g/mol. The van der Waals surface area contributed by atoms with E-state index in [0.29, 0.717) is 0 Å². The van der Waals surface area contributed by atoms with Crippen LogP contribution in [0, 0.1) is 5.92 Å². The summed E-state index contributed by atoms with van der Waals surface area (Å²) < 4.78 is 2.20. The molecule has 6 nitrogen and oxygen atoms in total. The molecule has 5 rings (SSSR count). The minimum atomic E-state index is 0.000554. The number of amides is 1. The molecular weight excluding hydrogens is 302 g/mol. The molecule has 124 valence electrons. The average molecular weight is 323 g/mol. The highest BCUT2D eigenvalue weighted by Crippen LogP contribution is 2.38. The number of fused-ring (bicyclic) bond motifs is 3. The molecule has 0 saturated heterocycles. The number of nitrogens with zero attached hydrogens (tertiary/aromatic N) is 3. The number of aromatic nitrogens is 4. The highest BCUT2D eigenvalue weighted by atomic mass is 16.2. The van der Waals surface area contributed by atoms with Crippen molar-refractivity contribution in [2.24, 2.45) is 5.92 Å². The maximum atomic E-state index is 12.2. The zero-order chi connectivity index (χ0) is 16.1. The first-order valence-electron chi connectivity index (χ1n) is 8.83. The van der Waals surface area contributed by atoms with E-state index < -0.39 is 0 Å². The summed E-state index contributed by atoms with van der Waals surface area (Å²) >= 11 is 0. The zero-order valence-corrected chi connectivity index (χ0v) is 13.6. The van der Waals surface area contributed by atoms with Gasteiger partial charge in [-0.15, -0.1) is 0 Å². The number of pyridine rings is 1. The van der Waals surface area contributed by atoms with Crippen LogP contribution in [-0.4, -0.2) is 31.0 Å². The third-order valence-electron chi connectivity index (χ3n) is 5.64. The van der Waals surface area contributed by atoms with Gasteiger partial charge in [0.25, 0.3) is 0 Å². The van der Waals surface area contributed by atoms with Gasteiger partial charge >= 0.3 is 0 Å². The maximum absolute atomic E-state index is 12.2. The van der Waals surface area contributed by atoms with Crippen LogP contribution in [0.5, 0.6) is 0 Å². The molecule has 0 atom stereocenters. The largest absolute Gasteiger partial charge is 0.350 e. The lowest BCUT2D eigenvalue weighted by molar-refractivity contribution is -0.125. The van der Waals surface area contributed by atoms with Crippen LogP contribution in [0.1, 0.15) is 38.5 Å². The molecule has 3 aromatic rings. The van der Waals surface area contributed by atoms with Gasteiger partial charge in [-0.1, -0.05) is 0 Å². The molecule has 0 spiro atoms. The lowest BCUT2D eigenvalue weighted by atomic mass is 9.74. The van der Waals surface area contributed by atoms with Crippen molar-refractivity contribution in [3.05, 3.63) is 24.8 Å². The second-order valence-corrected chi connectivity index (χ2v) is 7.32. The van der Waals surface area contributed by atoms with E-state index in [2.05, 4.69) is 30.9 Å². The van der Waals surface area contributed by atoms with Crippen LogP contribution in [-0.2, 0) is 11.3 Å². The Kier molecular flexibility index (Phi) is 2.96. The smallest absolute Gasteiger partial charge is 0.223 e. The van der Waals surface area contributed by atoms with Crippen LogP contribution in [0.4, 0.5) is 0 Å². The standard InChI is InChI=1S/C18H21N5O/c24-17(12-2-3-12)22-18(5-1-6-18)7-9-23-11-21-14-10-20-16-13(15(14)23)4-8-19-16/h4,8,10-12H,1-3,5-7,9H2,(H,19,20)(H,22,24). The number of nitrogens with one attached hydrogen (secondary N) is 2. The normalized spacial score (nSPS) is 19.5. The van der Waals surface area contributed by atoms with Crippen molar-refractivity contribution in [3.8, 4) is 0 Å². The van der Waals surface area contributed by atoms with Crippen LogP contribution >= 0.6 is 0 Å². The van der Waals surface area contributed by atoms with Crippen molar-refractivity contribution in [1.29, 1.82) is 0 Å². The lowest BCUT2D eigenvalue weighted by Crippen LogP contribution is -2.54. The van der Waals surface area contributed by atoms with Gasteiger partial charge in [0.05, 0.1) is 18.0 Å². The van der Waals surface area contributed by atoms with Crippen molar-refractivity contribution in [2.45, 2.75) is 50.6 Å². The Bertz CT molecular complexity index is 916. The fourth-order valence-electron chi connectivity index (χ4n) is 3.82. The molecule has 6 heteroatoms. The van der Waals surface area contributed by atoms with Crippen LogP contribution < -0.4 is 5.32 Å². The molecule has 2 saturated carbocycles. The fourth-order valence-corrected chi connectivity index (χ4v) is 3.82. The van der Waals surface area contributed by atoms with Crippen molar-refractivity contribution >= 4 is 28.0 Å². The number of carbonyl (C=O) groups is 1. The second kappa shape index (κ2) is 5.06. The predicted octanol–water partition coefficient (Wildman–Crippen LogP) is 2.75. The molecule has 2 fully saturated rings. The van der Waals surface area contributed by atoms with Crippen molar-refractivity contribution < 1.29 is 4.79 Å². The van der Waals surface area contributed by atoms with E-state index in [9.17, 15) is 4.79 Å². The minimum absolute atomic E-state index is 0.000554. The van der Waals surface area contributed by atoms with Gasteiger partial charge in [0.2, 0.25) is 5.91 Å². The Hall–Kier alpha value is -2.37. The van der Waals surface area contributed by atoms with Gasteiger partial charge in [0.1, 0.15) is 11.2 Å². The number of H-pyrrole nitrogens is 1. The van der Waals surface area contributed by atoms with Crippen LogP contribution in [0.25, 0.3) is 22.1 Å². The first-order chi connectivity index (χ1) is 11.7. The van der Waals surface area contributed by atoms with Gasteiger partial charge in [-0.3, -0.25) is 4.79 Å². The fraction of sp³-hybridized carbons (Fsp3) is 0.500. The topological polar surface area (TPSA) is 75.6 Å². The molecule has 1 amide bonds. The summed E-state index contributed by atoms with van der Waals surface area (Å²) in [6.45, 7) is 0.867. The summed E-state index contributed by atoms with van der Waals surface area (Å²) in [5, 5.41) is 4.45.